The highest BCUT2D eigenvalue weighted by molar-refractivity contribution is 7.99. The molecular formula is C21H19NOS. The number of carbonyl (C=O) groups excluding carboxylic acids is 1. The van der Waals surface area contributed by atoms with Crippen LogP contribution < -0.4 is 5.32 Å². The highest BCUT2D eigenvalue weighted by Gasteiger charge is 2.15. The van der Waals surface area contributed by atoms with Gasteiger partial charge in [0.05, 0.1) is 5.25 Å². The minimum atomic E-state index is -0.0538. The Morgan fingerprint density at radius 1 is 0.792 bits per heavy atom. The molecule has 0 fully saturated rings. The number of amides is 1. The minimum absolute atomic E-state index is 0.0538. The molecule has 0 aliphatic carbocycles. The van der Waals surface area contributed by atoms with Crippen LogP contribution in [0.3, 0.4) is 0 Å². The summed E-state index contributed by atoms with van der Waals surface area (Å²) in [4.78, 5) is 12.3. The Morgan fingerprint density at radius 3 is 1.75 bits per heavy atom. The molecule has 3 aromatic rings. The molecule has 3 heteroatoms. The largest absolute Gasteiger partial charge is 0.326 e. The van der Waals surface area contributed by atoms with E-state index in [0.717, 1.165) is 5.69 Å². The van der Waals surface area contributed by atoms with Gasteiger partial charge in [0.25, 0.3) is 0 Å². The molecule has 3 rings (SSSR count). The number of hydrogen-bond acceptors (Lipinski definition) is 2. The molecule has 0 radical (unpaired) electrons. The zero-order valence-electron chi connectivity index (χ0n) is 13.5. The summed E-state index contributed by atoms with van der Waals surface area (Å²) in [6, 6.07) is 29.0. The number of anilines is 1. The van der Waals surface area contributed by atoms with E-state index in [1.165, 1.54) is 22.9 Å². The third-order valence-electron chi connectivity index (χ3n) is 3.63. The van der Waals surface area contributed by atoms with Gasteiger partial charge in [0.15, 0.2) is 0 Å². The number of thioether (sulfide) groups is 1. The van der Waals surface area contributed by atoms with Crippen LogP contribution in [-0.4, -0.2) is 5.91 Å². The van der Waals surface area contributed by atoms with E-state index < -0.39 is 0 Å². The van der Waals surface area contributed by atoms with E-state index in [1.54, 1.807) is 0 Å². The molecule has 1 N–H and O–H groups in total. The van der Waals surface area contributed by atoms with Crippen molar-refractivity contribution in [1.29, 1.82) is 0 Å². The topological polar surface area (TPSA) is 29.1 Å². The molecule has 0 bridgehead atoms. The first-order valence-electron chi connectivity index (χ1n) is 7.86. The standard InChI is InChI=1S/C21H19NOS/c1-16(23)22-19-12-14-20(15-13-19)24-21(17-8-4-2-5-9-17)18-10-6-3-7-11-18/h2-15,21H,1H3,(H,22,23). The van der Waals surface area contributed by atoms with Crippen molar-refractivity contribution >= 4 is 23.4 Å². The molecule has 120 valence electrons. The van der Waals surface area contributed by atoms with Gasteiger partial charge in [-0.15, -0.1) is 11.8 Å². The maximum absolute atomic E-state index is 11.1. The summed E-state index contributed by atoms with van der Waals surface area (Å²) in [7, 11) is 0. The average molecular weight is 333 g/mol. The summed E-state index contributed by atoms with van der Waals surface area (Å²) in [6.07, 6.45) is 0. The zero-order chi connectivity index (χ0) is 16.8. The number of carbonyl (C=O) groups is 1. The highest BCUT2D eigenvalue weighted by Crippen LogP contribution is 2.40. The second kappa shape index (κ2) is 7.84. The van der Waals surface area contributed by atoms with Gasteiger partial charge in [-0.3, -0.25) is 4.79 Å². The minimum Gasteiger partial charge on any atom is -0.326 e. The number of rotatable bonds is 5. The lowest BCUT2D eigenvalue weighted by molar-refractivity contribution is -0.114. The van der Waals surface area contributed by atoms with E-state index in [-0.39, 0.29) is 11.2 Å². The van der Waals surface area contributed by atoms with E-state index in [4.69, 9.17) is 0 Å². The van der Waals surface area contributed by atoms with E-state index in [9.17, 15) is 4.79 Å². The third-order valence-corrected chi connectivity index (χ3v) is 4.96. The molecule has 24 heavy (non-hydrogen) atoms. The van der Waals surface area contributed by atoms with Gasteiger partial charge < -0.3 is 5.32 Å². The first kappa shape index (κ1) is 16.3. The van der Waals surface area contributed by atoms with Crippen molar-refractivity contribution in [3.05, 3.63) is 96.1 Å². The predicted octanol–water partition coefficient (Wildman–Crippen LogP) is 5.53. The Hall–Kier alpha value is -2.52. The van der Waals surface area contributed by atoms with Crippen LogP contribution in [0, 0.1) is 0 Å². The SMILES string of the molecule is CC(=O)Nc1ccc(SC(c2ccccc2)c2ccccc2)cc1. The van der Waals surface area contributed by atoms with Crippen LogP contribution in [0.15, 0.2) is 89.8 Å². The molecule has 0 aliphatic heterocycles. The van der Waals surface area contributed by atoms with Gasteiger partial charge in [-0.25, -0.2) is 0 Å². The molecule has 0 saturated carbocycles. The van der Waals surface area contributed by atoms with Gasteiger partial charge in [0.2, 0.25) is 5.91 Å². The summed E-state index contributed by atoms with van der Waals surface area (Å²) < 4.78 is 0. The quantitative estimate of drug-likeness (QED) is 0.622. The molecular weight excluding hydrogens is 314 g/mol. The van der Waals surface area contributed by atoms with Crippen molar-refractivity contribution in [2.45, 2.75) is 17.1 Å². The highest BCUT2D eigenvalue weighted by atomic mass is 32.2. The average Bonchev–Trinajstić information content (AvgIpc) is 2.62. The Labute approximate surface area is 146 Å². The second-order valence-corrected chi connectivity index (χ2v) is 6.70. The summed E-state index contributed by atoms with van der Waals surface area (Å²) in [5.41, 5.74) is 3.38. The Balaban J connectivity index is 1.86. The van der Waals surface area contributed by atoms with E-state index in [0.29, 0.717) is 0 Å². The summed E-state index contributed by atoms with van der Waals surface area (Å²) in [6.45, 7) is 1.52. The van der Waals surface area contributed by atoms with E-state index in [2.05, 4.69) is 66.0 Å². The molecule has 3 aromatic carbocycles. The van der Waals surface area contributed by atoms with E-state index in [1.807, 2.05) is 36.0 Å². The fourth-order valence-corrected chi connectivity index (χ4v) is 3.69. The summed E-state index contributed by atoms with van der Waals surface area (Å²) >= 11 is 1.81. The van der Waals surface area contributed by atoms with Gasteiger partial charge in [0.1, 0.15) is 0 Å². The Bertz CT molecular complexity index is 746. The van der Waals surface area contributed by atoms with Crippen LogP contribution in [0.25, 0.3) is 0 Å². The van der Waals surface area contributed by atoms with Crippen molar-refractivity contribution < 1.29 is 4.79 Å². The molecule has 2 nitrogen and oxygen atoms in total. The second-order valence-electron chi connectivity index (χ2n) is 5.52. The molecule has 0 unspecified atom stereocenters. The molecule has 0 heterocycles. The van der Waals surface area contributed by atoms with Crippen LogP contribution >= 0.6 is 11.8 Å². The lowest BCUT2D eigenvalue weighted by atomic mass is 10.0. The molecule has 0 atom stereocenters. The van der Waals surface area contributed by atoms with Gasteiger partial charge >= 0.3 is 0 Å². The van der Waals surface area contributed by atoms with Crippen LogP contribution in [0.4, 0.5) is 5.69 Å². The van der Waals surface area contributed by atoms with Crippen LogP contribution in [0.5, 0.6) is 0 Å². The van der Waals surface area contributed by atoms with Crippen molar-refractivity contribution in [1.82, 2.24) is 0 Å². The zero-order valence-corrected chi connectivity index (χ0v) is 14.3. The number of hydrogen-bond donors (Lipinski definition) is 1. The molecule has 0 saturated heterocycles. The van der Waals surface area contributed by atoms with Crippen molar-refractivity contribution in [3.63, 3.8) is 0 Å². The molecule has 0 spiro atoms. The lowest BCUT2D eigenvalue weighted by Crippen LogP contribution is -2.05. The third kappa shape index (κ3) is 4.27. The number of nitrogens with one attached hydrogen (secondary N) is 1. The fourth-order valence-electron chi connectivity index (χ4n) is 2.54. The van der Waals surface area contributed by atoms with E-state index >= 15 is 0 Å². The summed E-state index contributed by atoms with van der Waals surface area (Å²) in [5, 5.41) is 3.04. The molecule has 1 amide bonds. The Kier molecular flexibility index (Phi) is 5.34. The fraction of sp³-hybridized carbons (Fsp3) is 0.0952. The van der Waals surface area contributed by atoms with Gasteiger partial charge in [-0.05, 0) is 35.4 Å². The van der Waals surface area contributed by atoms with Gasteiger partial charge in [-0.1, -0.05) is 60.7 Å². The smallest absolute Gasteiger partial charge is 0.221 e. The normalized spacial score (nSPS) is 10.6. The van der Waals surface area contributed by atoms with Crippen molar-refractivity contribution in [2.24, 2.45) is 0 Å². The maximum Gasteiger partial charge on any atom is 0.221 e. The van der Waals surface area contributed by atoms with Crippen LogP contribution in [-0.2, 0) is 4.79 Å². The van der Waals surface area contributed by atoms with Gasteiger partial charge in [0, 0.05) is 17.5 Å². The van der Waals surface area contributed by atoms with Gasteiger partial charge in [-0.2, -0.15) is 0 Å². The molecule has 0 aromatic heterocycles. The lowest BCUT2D eigenvalue weighted by Gasteiger charge is -2.18. The van der Waals surface area contributed by atoms with Crippen molar-refractivity contribution in [2.75, 3.05) is 5.32 Å². The first-order chi connectivity index (χ1) is 11.7. The van der Waals surface area contributed by atoms with Crippen LogP contribution in [0.1, 0.15) is 23.3 Å². The monoisotopic (exact) mass is 333 g/mol. The summed E-state index contributed by atoms with van der Waals surface area (Å²) in [5.74, 6) is -0.0538. The molecule has 0 aliphatic rings. The van der Waals surface area contributed by atoms with Crippen molar-refractivity contribution in [3.8, 4) is 0 Å². The van der Waals surface area contributed by atoms with Crippen LogP contribution in [0.2, 0.25) is 0 Å². The first-order valence-corrected chi connectivity index (χ1v) is 8.74. The Morgan fingerprint density at radius 2 is 1.29 bits per heavy atom. The maximum atomic E-state index is 11.1. The predicted molar refractivity (Wildman–Crippen MR) is 101 cm³/mol. The number of benzene rings is 3.